The van der Waals surface area contributed by atoms with Crippen molar-refractivity contribution in [3.63, 3.8) is 0 Å². The summed E-state index contributed by atoms with van der Waals surface area (Å²) in [5.41, 5.74) is 1.23. The number of furan rings is 1. The highest BCUT2D eigenvalue weighted by molar-refractivity contribution is 5.04. The zero-order valence-electron chi connectivity index (χ0n) is 9.96. The lowest BCUT2D eigenvalue weighted by Crippen LogP contribution is -2.25. The molecule has 2 heteroatoms. The van der Waals surface area contributed by atoms with Crippen LogP contribution >= 0.6 is 0 Å². The molecule has 0 bridgehead atoms. The third-order valence-electron chi connectivity index (χ3n) is 2.73. The van der Waals surface area contributed by atoms with Gasteiger partial charge in [0, 0.05) is 18.2 Å². The van der Waals surface area contributed by atoms with Gasteiger partial charge in [0.1, 0.15) is 0 Å². The fourth-order valence-corrected chi connectivity index (χ4v) is 1.66. The van der Waals surface area contributed by atoms with Crippen LogP contribution in [0.2, 0.25) is 0 Å². The molecule has 1 N–H and O–H groups in total. The first kappa shape index (κ1) is 12.3. The van der Waals surface area contributed by atoms with E-state index >= 15 is 0 Å². The second kappa shape index (κ2) is 7.52. The van der Waals surface area contributed by atoms with Gasteiger partial charge in [-0.3, -0.25) is 0 Å². The molecule has 0 saturated carbocycles. The van der Waals surface area contributed by atoms with E-state index in [4.69, 9.17) is 4.42 Å². The second-order valence-electron chi connectivity index (χ2n) is 4.26. The van der Waals surface area contributed by atoms with E-state index in [0.29, 0.717) is 6.04 Å². The lowest BCUT2D eigenvalue weighted by molar-refractivity contribution is 0.480. The molecule has 0 spiro atoms. The van der Waals surface area contributed by atoms with Crippen molar-refractivity contribution in [2.24, 2.45) is 0 Å². The second-order valence-corrected chi connectivity index (χ2v) is 4.26. The topological polar surface area (TPSA) is 25.2 Å². The van der Waals surface area contributed by atoms with Crippen molar-refractivity contribution < 1.29 is 4.42 Å². The van der Waals surface area contributed by atoms with Gasteiger partial charge in [-0.1, -0.05) is 32.6 Å². The summed E-state index contributed by atoms with van der Waals surface area (Å²) in [6.07, 6.45) is 10.2. The first-order valence-corrected chi connectivity index (χ1v) is 6.07. The lowest BCUT2D eigenvalue weighted by atomic mass is 10.1. The van der Waals surface area contributed by atoms with E-state index in [1.165, 1.54) is 37.7 Å². The summed E-state index contributed by atoms with van der Waals surface area (Å²) in [5.74, 6) is 0. The molecule has 0 aromatic carbocycles. The third-order valence-corrected chi connectivity index (χ3v) is 2.73. The van der Waals surface area contributed by atoms with Crippen LogP contribution in [0, 0.1) is 0 Å². The Morgan fingerprint density at radius 3 is 2.87 bits per heavy atom. The molecule has 1 aromatic rings. The van der Waals surface area contributed by atoms with Gasteiger partial charge in [-0.15, -0.1) is 0 Å². The molecule has 2 nitrogen and oxygen atoms in total. The first-order valence-electron chi connectivity index (χ1n) is 6.07. The zero-order chi connectivity index (χ0) is 10.9. The van der Waals surface area contributed by atoms with Crippen LogP contribution in [0.15, 0.2) is 23.0 Å². The van der Waals surface area contributed by atoms with E-state index in [1.807, 2.05) is 6.07 Å². The van der Waals surface area contributed by atoms with Crippen molar-refractivity contribution in [1.29, 1.82) is 0 Å². The van der Waals surface area contributed by atoms with Gasteiger partial charge >= 0.3 is 0 Å². The molecular formula is C13H23NO. The highest BCUT2D eigenvalue weighted by atomic mass is 16.3. The van der Waals surface area contributed by atoms with Gasteiger partial charge in [0.15, 0.2) is 0 Å². The van der Waals surface area contributed by atoms with Crippen molar-refractivity contribution >= 4 is 0 Å². The van der Waals surface area contributed by atoms with Gasteiger partial charge in [0.05, 0.1) is 12.5 Å². The lowest BCUT2D eigenvalue weighted by Gasteiger charge is -2.12. The Morgan fingerprint density at radius 2 is 2.20 bits per heavy atom. The van der Waals surface area contributed by atoms with Crippen LogP contribution in [0.4, 0.5) is 0 Å². The van der Waals surface area contributed by atoms with Crippen LogP contribution in [0.1, 0.15) is 51.5 Å². The molecule has 1 aromatic heterocycles. The average Bonchev–Trinajstić information content (AvgIpc) is 2.74. The molecule has 0 aliphatic carbocycles. The highest BCUT2D eigenvalue weighted by Crippen LogP contribution is 2.06. The van der Waals surface area contributed by atoms with E-state index in [9.17, 15) is 0 Å². The summed E-state index contributed by atoms with van der Waals surface area (Å²) >= 11 is 0. The Bertz CT molecular complexity index is 231. The summed E-state index contributed by atoms with van der Waals surface area (Å²) in [6, 6.07) is 2.62. The predicted octanol–water partition coefficient (Wildman–Crippen LogP) is 3.73. The number of unbranched alkanes of at least 4 members (excludes halogenated alkanes) is 3. The molecule has 0 radical (unpaired) electrons. The highest BCUT2D eigenvalue weighted by Gasteiger charge is 2.01. The van der Waals surface area contributed by atoms with Gasteiger partial charge in [-0.05, 0) is 19.4 Å². The third kappa shape index (κ3) is 5.63. The van der Waals surface area contributed by atoms with Gasteiger partial charge in [0.2, 0.25) is 0 Å². The SMILES string of the molecule is CCCCCCC(C)NCc1ccoc1. The molecule has 1 rings (SSSR count). The van der Waals surface area contributed by atoms with Crippen molar-refractivity contribution in [3.8, 4) is 0 Å². The van der Waals surface area contributed by atoms with Crippen LogP contribution in [0.25, 0.3) is 0 Å². The molecule has 0 saturated heterocycles. The van der Waals surface area contributed by atoms with E-state index in [0.717, 1.165) is 6.54 Å². The van der Waals surface area contributed by atoms with Gasteiger partial charge in [-0.25, -0.2) is 0 Å². The molecule has 1 heterocycles. The zero-order valence-corrected chi connectivity index (χ0v) is 9.96. The van der Waals surface area contributed by atoms with Crippen LogP contribution in [0.3, 0.4) is 0 Å². The van der Waals surface area contributed by atoms with Crippen molar-refractivity contribution in [2.45, 2.75) is 58.5 Å². The molecule has 1 unspecified atom stereocenters. The Kier molecular flexibility index (Phi) is 6.17. The summed E-state index contributed by atoms with van der Waals surface area (Å²) in [6.45, 7) is 5.43. The predicted molar refractivity (Wildman–Crippen MR) is 63.8 cm³/mol. The summed E-state index contributed by atoms with van der Waals surface area (Å²) in [5, 5.41) is 3.50. The Labute approximate surface area is 93.1 Å². The first-order chi connectivity index (χ1) is 7.33. The summed E-state index contributed by atoms with van der Waals surface area (Å²) < 4.78 is 5.02. The van der Waals surface area contributed by atoms with Gasteiger partial charge in [0.25, 0.3) is 0 Å². The smallest absolute Gasteiger partial charge is 0.0947 e. The monoisotopic (exact) mass is 209 g/mol. The molecule has 86 valence electrons. The quantitative estimate of drug-likeness (QED) is 0.660. The number of nitrogens with one attached hydrogen (secondary N) is 1. The van der Waals surface area contributed by atoms with E-state index in [1.54, 1.807) is 12.5 Å². The molecule has 0 aliphatic heterocycles. The Balaban J connectivity index is 2.01. The van der Waals surface area contributed by atoms with Gasteiger partial charge in [-0.2, -0.15) is 0 Å². The van der Waals surface area contributed by atoms with E-state index in [2.05, 4.69) is 19.2 Å². The fourth-order valence-electron chi connectivity index (χ4n) is 1.66. The average molecular weight is 209 g/mol. The molecular weight excluding hydrogens is 186 g/mol. The normalized spacial score (nSPS) is 12.9. The fraction of sp³-hybridized carbons (Fsp3) is 0.692. The summed E-state index contributed by atoms with van der Waals surface area (Å²) in [7, 11) is 0. The Hall–Kier alpha value is -0.760. The van der Waals surface area contributed by atoms with E-state index < -0.39 is 0 Å². The van der Waals surface area contributed by atoms with Crippen LogP contribution < -0.4 is 5.32 Å². The van der Waals surface area contributed by atoms with Crippen LogP contribution in [-0.2, 0) is 6.54 Å². The maximum atomic E-state index is 5.02. The van der Waals surface area contributed by atoms with Crippen molar-refractivity contribution in [1.82, 2.24) is 5.32 Å². The summed E-state index contributed by atoms with van der Waals surface area (Å²) in [4.78, 5) is 0. The Morgan fingerprint density at radius 1 is 1.33 bits per heavy atom. The standard InChI is InChI=1S/C13H23NO/c1-3-4-5-6-7-12(2)14-10-13-8-9-15-11-13/h8-9,11-12,14H,3-7,10H2,1-2H3. The molecule has 0 fully saturated rings. The maximum absolute atomic E-state index is 5.02. The molecule has 0 amide bonds. The molecule has 1 atom stereocenters. The van der Waals surface area contributed by atoms with Crippen LogP contribution in [0.5, 0.6) is 0 Å². The largest absolute Gasteiger partial charge is 0.472 e. The minimum Gasteiger partial charge on any atom is -0.472 e. The van der Waals surface area contributed by atoms with Crippen molar-refractivity contribution in [2.75, 3.05) is 0 Å². The maximum Gasteiger partial charge on any atom is 0.0947 e. The number of rotatable bonds is 8. The minimum atomic E-state index is 0.608. The van der Waals surface area contributed by atoms with Crippen molar-refractivity contribution in [3.05, 3.63) is 24.2 Å². The van der Waals surface area contributed by atoms with Gasteiger partial charge < -0.3 is 9.73 Å². The molecule has 0 aliphatic rings. The number of hydrogen-bond donors (Lipinski definition) is 1. The molecule has 15 heavy (non-hydrogen) atoms. The van der Waals surface area contributed by atoms with Crippen LogP contribution in [-0.4, -0.2) is 6.04 Å². The van der Waals surface area contributed by atoms with E-state index in [-0.39, 0.29) is 0 Å². The number of hydrogen-bond acceptors (Lipinski definition) is 2. The minimum absolute atomic E-state index is 0.608.